The number of hydrogen-bond donors (Lipinski definition) is 3. The van der Waals surface area contributed by atoms with Gasteiger partial charge in [-0.15, -0.1) is 0 Å². The molecule has 0 fully saturated rings. The van der Waals surface area contributed by atoms with Gasteiger partial charge in [-0.1, -0.05) is 51.1 Å². The van der Waals surface area contributed by atoms with Crippen molar-refractivity contribution in [2.45, 2.75) is 52.2 Å². The van der Waals surface area contributed by atoms with Gasteiger partial charge in [0.05, 0.1) is 12.3 Å². The highest BCUT2D eigenvalue weighted by Crippen LogP contribution is 2.22. The van der Waals surface area contributed by atoms with E-state index in [0.717, 1.165) is 17.9 Å². The van der Waals surface area contributed by atoms with E-state index in [2.05, 4.69) is 41.4 Å². The molecule has 1 atom stereocenters. The lowest BCUT2D eigenvalue weighted by Crippen LogP contribution is -2.38. The minimum Gasteiger partial charge on any atom is -0.443 e. The first-order chi connectivity index (χ1) is 12.4. The zero-order valence-electron chi connectivity index (χ0n) is 16.1. The SMILES string of the molecule is CCNC(=NCc1ncc(C(C)(C)C)o1)NCCC(O)c1ccccc1. The maximum Gasteiger partial charge on any atom is 0.216 e. The fourth-order valence-electron chi connectivity index (χ4n) is 2.39. The maximum absolute atomic E-state index is 10.2. The predicted molar refractivity (Wildman–Crippen MR) is 104 cm³/mol. The molecule has 2 rings (SSSR count). The van der Waals surface area contributed by atoms with Gasteiger partial charge in [0, 0.05) is 18.5 Å². The summed E-state index contributed by atoms with van der Waals surface area (Å²) in [6, 6.07) is 9.66. The number of oxazole rings is 1. The van der Waals surface area contributed by atoms with Crippen LogP contribution in [0.3, 0.4) is 0 Å². The van der Waals surface area contributed by atoms with E-state index in [-0.39, 0.29) is 5.41 Å². The summed E-state index contributed by atoms with van der Waals surface area (Å²) in [5.74, 6) is 2.13. The Morgan fingerprint density at radius 2 is 1.96 bits per heavy atom. The minimum absolute atomic E-state index is 0.0642. The van der Waals surface area contributed by atoms with Crippen LogP contribution < -0.4 is 10.6 Å². The highest BCUT2D eigenvalue weighted by Gasteiger charge is 2.19. The van der Waals surface area contributed by atoms with Crippen LogP contribution in [0.4, 0.5) is 0 Å². The van der Waals surface area contributed by atoms with Crippen molar-refractivity contribution in [2.75, 3.05) is 13.1 Å². The van der Waals surface area contributed by atoms with Gasteiger partial charge < -0.3 is 20.2 Å². The molecule has 0 saturated carbocycles. The van der Waals surface area contributed by atoms with Crippen molar-refractivity contribution in [3.05, 3.63) is 53.7 Å². The van der Waals surface area contributed by atoms with E-state index in [1.807, 2.05) is 37.3 Å². The van der Waals surface area contributed by atoms with Crippen LogP contribution in [-0.4, -0.2) is 29.1 Å². The number of aliphatic hydroxyl groups excluding tert-OH is 1. The molecule has 1 aromatic carbocycles. The van der Waals surface area contributed by atoms with Crippen LogP contribution in [0.25, 0.3) is 0 Å². The number of nitrogens with zero attached hydrogens (tertiary/aromatic N) is 2. The summed E-state index contributed by atoms with van der Waals surface area (Å²) in [6.45, 7) is 10.0. The Morgan fingerprint density at radius 3 is 2.58 bits per heavy atom. The largest absolute Gasteiger partial charge is 0.443 e. The lowest BCUT2D eigenvalue weighted by atomic mass is 9.94. The van der Waals surface area contributed by atoms with Gasteiger partial charge >= 0.3 is 0 Å². The molecule has 0 bridgehead atoms. The molecule has 1 unspecified atom stereocenters. The monoisotopic (exact) mass is 358 g/mol. The summed E-state index contributed by atoms with van der Waals surface area (Å²) in [5, 5.41) is 16.7. The minimum atomic E-state index is -0.493. The average Bonchev–Trinajstić information content (AvgIpc) is 3.10. The van der Waals surface area contributed by atoms with Crippen LogP contribution in [0.2, 0.25) is 0 Å². The van der Waals surface area contributed by atoms with Crippen molar-refractivity contribution in [1.29, 1.82) is 0 Å². The van der Waals surface area contributed by atoms with Crippen LogP contribution in [0, 0.1) is 0 Å². The van der Waals surface area contributed by atoms with E-state index in [0.29, 0.717) is 31.4 Å². The van der Waals surface area contributed by atoms with Gasteiger partial charge in [-0.3, -0.25) is 0 Å². The first-order valence-electron chi connectivity index (χ1n) is 9.10. The zero-order valence-corrected chi connectivity index (χ0v) is 16.1. The Kier molecular flexibility index (Phi) is 7.21. The van der Waals surface area contributed by atoms with Crippen molar-refractivity contribution in [3.63, 3.8) is 0 Å². The molecule has 1 aromatic heterocycles. The van der Waals surface area contributed by atoms with Crippen molar-refractivity contribution in [3.8, 4) is 0 Å². The summed E-state index contributed by atoms with van der Waals surface area (Å²) >= 11 is 0. The van der Waals surface area contributed by atoms with E-state index < -0.39 is 6.10 Å². The van der Waals surface area contributed by atoms with Crippen molar-refractivity contribution >= 4 is 5.96 Å². The fourth-order valence-corrected chi connectivity index (χ4v) is 2.39. The normalized spacial score (nSPS) is 13.5. The molecule has 0 saturated heterocycles. The lowest BCUT2D eigenvalue weighted by molar-refractivity contribution is 0.168. The molecule has 26 heavy (non-hydrogen) atoms. The van der Waals surface area contributed by atoms with Gasteiger partial charge in [0.1, 0.15) is 12.3 Å². The van der Waals surface area contributed by atoms with E-state index in [9.17, 15) is 5.11 Å². The number of aromatic nitrogens is 1. The van der Waals surface area contributed by atoms with Gasteiger partial charge in [0.15, 0.2) is 5.96 Å². The second-order valence-corrected chi connectivity index (χ2v) is 7.21. The Labute approximate surface area is 155 Å². The zero-order chi connectivity index (χ0) is 19.0. The third-order valence-corrected chi connectivity index (χ3v) is 3.90. The van der Waals surface area contributed by atoms with Gasteiger partial charge in [-0.2, -0.15) is 0 Å². The smallest absolute Gasteiger partial charge is 0.216 e. The lowest BCUT2D eigenvalue weighted by Gasteiger charge is -2.14. The Bertz CT molecular complexity index is 689. The molecule has 142 valence electrons. The molecule has 0 amide bonds. The number of aliphatic imine (C=N–C) groups is 1. The van der Waals surface area contributed by atoms with Gasteiger partial charge in [-0.25, -0.2) is 9.98 Å². The number of rotatable bonds is 7. The van der Waals surface area contributed by atoms with Gasteiger partial charge in [0.2, 0.25) is 5.89 Å². The molecule has 0 spiro atoms. The van der Waals surface area contributed by atoms with Crippen molar-refractivity contribution in [1.82, 2.24) is 15.6 Å². The van der Waals surface area contributed by atoms with Crippen LogP contribution in [0.1, 0.15) is 57.4 Å². The Hall–Kier alpha value is -2.34. The number of nitrogens with one attached hydrogen (secondary N) is 2. The molecule has 3 N–H and O–H groups in total. The molecule has 0 radical (unpaired) electrons. The number of aliphatic hydroxyl groups is 1. The molecule has 6 nitrogen and oxygen atoms in total. The average molecular weight is 358 g/mol. The quantitative estimate of drug-likeness (QED) is 0.523. The van der Waals surface area contributed by atoms with Crippen LogP contribution >= 0.6 is 0 Å². The molecule has 6 heteroatoms. The molecular weight excluding hydrogens is 328 g/mol. The third-order valence-electron chi connectivity index (χ3n) is 3.90. The first kappa shape index (κ1) is 20.0. The number of guanidine groups is 1. The van der Waals surface area contributed by atoms with E-state index in [1.165, 1.54) is 0 Å². The second kappa shape index (κ2) is 9.38. The molecule has 2 aromatic rings. The van der Waals surface area contributed by atoms with Crippen molar-refractivity contribution in [2.24, 2.45) is 4.99 Å². The summed E-state index contributed by atoms with van der Waals surface area (Å²) in [7, 11) is 0. The summed E-state index contributed by atoms with van der Waals surface area (Å²) in [5.41, 5.74) is 0.858. The first-order valence-corrected chi connectivity index (χ1v) is 9.10. The standard InChI is InChI=1S/C20H30N4O2/c1-5-21-19(22-12-11-16(25)15-9-7-6-8-10-15)24-14-18-23-13-17(26-18)20(2,3)4/h6-10,13,16,25H,5,11-12,14H2,1-4H3,(H2,21,22,24). The molecule has 0 aliphatic rings. The van der Waals surface area contributed by atoms with Gasteiger partial charge in [-0.05, 0) is 18.9 Å². The highest BCUT2D eigenvalue weighted by atomic mass is 16.4. The van der Waals surface area contributed by atoms with E-state index >= 15 is 0 Å². The van der Waals surface area contributed by atoms with Crippen LogP contribution in [0.5, 0.6) is 0 Å². The molecule has 0 aliphatic heterocycles. The van der Waals surface area contributed by atoms with Gasteiger partial charge in [0.25, 0.3) is 0 Å². The summed E-state index contributed by atoms with van der Waals surface area (Å²) < 4.78 is 5.76. The summed E-state index contributed by atoms with van der Waals surface area (Å²) in [6.07, 6.45) is 1.87. The third kappa shape index (κ3) is 6.19. The molecular formula is C20H30N4O2. The maximum atomic E-state index is 10.2. The van der Waals surface area contributed by atoms with Crippen LogP contribution in [0.15, 0.2) is 45.9 Å². The Morgan fingerprint density at radius 1 is 1.23 bits per heavy atom. The molecule has 0 aliphatic carbocycles. The number of hydrogen-bond acceptors (Lipinski definition) is 4. The fraction of sp³-hybridized carbons (Fsp3) is 0.500. The van der Waals surface area contributed by atoms with Crippen LogP contribution in [-0.2, 0) is 12.0 Å². The topological polar surface area (TPSA) is 82.7 Å². The van der Waals surface area contributed by atoms with Crippen molar-refractivity contribution < 1.29 is 9.52 Å². The van der Waals surface area contributed by atoms with E-state index in [4.69, 9.17) is 4.42 Å². The Balaban J connectivity index is 1.87. The number of benzene rings is 1. The highest BCUT2D eigenvalue weighted by molar-refractivity contribution is 5.79. The predicted octanol–water partition coefficient (Wildman–Crippen LogP) is 3.15. The second-order valence-electron chi connectivity index (χ2n) is 7.21. The molecule has 1 heterocycles. The summed E-state index contributed by atoms with van der Waals surface area (Å²) in [4.78, 5) is 8.80. The van der Waals surface area contributed by atoms with E-state index in [1.54, 1.807) is 6.20 Å².